The molecule has 0 spiro atoms. The first-order valence-electron chi connectivity index (χ1n) is 4.87. The number of hydrogen-bond donors (Lipinski definition) is 0. The SMILES string of the molecule is COc1cc(C(C)CC=O)cc(C)c1F. The van der Waals surface area contributed by atoms with Crippen molar-refractivity contribution < 1.29 is 13.9 Å². The Hall–Kier alpha value is -1.38. The number of halogens is 1. The lowest BCUT2D eigenvalue weighted by atomic mass is 9.96. The van der Waals surface area contributed by atoms with Crippen molar-refractivity contribution in [3.8, 4) is 5.75 Å². The molecular formula is C12H15FO2. The molecule has 0 heterocycles. The van der Waals surface area contributed by atoms with Gasteiger partial charge in [0.15, 0.2) is 11.6 Å². The zero-order valence-electron chi connectivity index (χ0n) is 9.21. The summed E-state index contributed by atoms with van der Waals surface area (Å²) in [6, 6.07) is 3.41. The Kier molecular flexibility index (Phi) is 3.83. The maximum Gasteiger partial charge on any atom is 0.167 e. The molecule has 1 aromatic rings. The highest BCUT2D eigenvalue weighted by Gasteiger charge is 2.12. The molecule has 0 fully saturated rings. The van der Waals surface area contributed by atoms with E-state index in [2.05, 4.69) is 0 Å². The van der Waals surface area contributed by atoms with Crippen LogP contribution < -0.4 is 4.74 Å². The number of carbonyl (C=O) groups excluding carboxylic acids is 1. The Morgan fingerprint density at radius 3 is 2.73 bits per heavy atom. The minimum atomic E-state index is -0.334. The van der Waals surface area contributed by atoms with Crippen molar-refractivity contribution in [3.63, 3.8) is 0 Å². The normalized spacial score (nSPS) is 12.3. The first kappa shape index (κ1) is 11.7. The molecule has 0 aliphatic carbocycles. The smallest absolute Gasteiger partial charge is 0.167 e. The van der Waals surface area contributed by atoms with Gasteiger partial charge in [-0.25, -0.2) is 4.39 Å². The van der Waals surface area contributed by atoms with Crippen LogP contribution in [-0.4, -0.2) is 13.4 Å². The summed E-state index contributed by atoms with van der Waals surface area (Å²) in [5, 5.41) is 0. The van der Waals surface area contributed by atoms with Crippen molar-refractivity contribution in [3.05, 3.63) is 29.1 Å². The largest absolute Gasteiger partial charge is 0.494 e. The fraction of sp³-hybridized carbons (Fsp3) is 0.417. The Morgan fingerprint density at radius 2 is 2.20 bits per heavy atom. The molecule has 0 aromatic heterocycles. The molecule has 0 bridgehead atoms. The van der Waals surface area contributed by atoms with Gasteiger partial charge < -0.3 is 9.53 Å². The number of methoxy groups -OCH3 is 1. The average Bonchev–Trinajstić information content (AvgIpc) is 2.22. The average molecular weight is 210 g/mol. The predicted octanol–water partition coefficient (Wildman–Crippen LogP) is 2.84. The summed E-state index contributed by atoms with van der Waals surface area (Å²) < 4.78 is 18.4. The minimum Gasteiger partial charge on any atom is -0.494 e. The lowest BCUT2D eigenvalue weighted by Crippen LogP contribution is -1.99. The number of benzene rings is 1. The van der Waals surface area contributed by atoms with E-state index in [-0.39, 0.29) is 17.5 Å². The maximum absolute atomic E-state index is 13.4. The molecule has 1 unspecified atom stereocenters. The molecule has 0 aliphatic heterocycles. The molecule has 0 aliphatic rings. The molecule has 82 valence electrons. The second-order valence-corrected chi connectivity index (χ2v) is 3.66. The molecule has 0 saturated heterocycles. The zero-order valence-corrected chi connectivity index (χ0v) is 9.21. The number of aryl methyl sites for hydroxylation is 1. The molecule has 0 radical (unpaired) electrons. The van der Waals surface area contributed by atoms with E-state index in [1.54, 1.807) is 19.1 Å². The van der Waals surface area contributed by atoms with Gasteiger partial charge in [0.1, 0.15) is 6.29 Å². The van der Waals surface area contributed by atoms with E-state index in [1.807, 2.05) is 6.92 Å². The minimum absolute atomic E-state index is 0.0932. The third-order valence-corrected chi connectivity index (χ3v) is 2.48. The third-order valence-electron chi connectivity index (χ3n) is 2.48. The quantitative estimate of drug-likeness (QED) is 0.714. The van der Waals surface area contributed by atoms with E-state index in [0.717, 1.165) is 11.8 Å². The molecule has 3 heteroatoms. The van der Waals surface area contributed by atoms with E-state index >= 15 is 0 Å². The topological polar surface area (TPSA) is 26.3 Å². The van der Waals surface area contributed by atoms with Crippen LogP contribution in [0.2, 0.25) is 0 Å². The van der Waals surface area contributed by atoms with Gasteiger partial charge in [-0.1, -0.05) is 13.0 Å². The summed E-state index contributed by atoms with van der Waals surface area (Å²) in [6.07, 6.45) is 1.31. The number of rotatable bonds is 4. The highest BCUT2D eigenvalue weighted by molar-refractivity contribution is 5.52. The molecule has 1 rings (SSSR count). The fourth-order valence-electron chi connectivity index (χ4n) is 1.48. The molecule has 0 amide bonds. The fourth-order valence-corrected chi connectivity index (χ4v) is 1.48. The Bertz CT molecular complexity index is 361. The number of carbonyl (C=O) groups is 1. The van der Waals surface area contributed by atoms with Gasteiger partial charge in [0.25, 0.3) is 0 Å². The zero-order chi connectivity index (χ0) is 11.4. The second kappa shape index (κ2) is 4.91. The summed E-state index contributed by atoms with van der Waals surface area (Å²) in [5.41, 5.74) is 1.47. The molecular weight excluding hydrogens is 195 g/mol. The summed E-state index contributed by atoms with van der Waals surface area (Å²) in [6.45, 7) is 3.62. The van der Waals surface area contributed by atoms with Gasteiger partial charge in [-0.2, -0.15) is 0 Å². The van der Waals surface area contributed by atoms with Crippen molar-refractivity contribution in [2.75, 3.05) is 7.11 Å². The maximum atomic E-state index is 13.4. The molecule has 15 heavy (non-hydrogen) atoms. The van der Waals surface area contributed by atoms with Gasteiger partial charge in [0.2, 0.25) is 0 Å². The summed E-state index contributed by atoms with van der Waals surface area (Å²) >= 11 is 0. The van der Waals surface area contributed by atoms with Crippen LogP contribution in [0.5, 0.6) is 5.75 Å². The number of hydrogen-bond acceptors (Lipinski definition) is 2. The van der Waals surface area contributed by atoms with Crippen molar-refractivity contribution >= 4 is 6.29 Å². The monoisotopic (exact) mass is 210 g/mol. The second-order valence-electron chi connectivity index (χ2n) is 3.66. The first-order chi connectivity index (χ1) is 7.10. The van der Waals surface area contributed by atoms with Gasteiger partial charge in [0.05, 0.1) is 7.11 Å². The van der Waals surface area contributed by atoms with Gasteiger partial charge >= 0.3 is 0 Å². The molecule has 1 atom stereocenters. The van der Waals surface area contributed by atoms with Crippen LogP contribution in [0, 0.1) is 12.7 Å². The van der Waals surface area contributed by atoms with Crippen molar-refractivity contribution in [2.24, 2.45) is 0 Å². The predicted molar refractivity (Wildman–Crippen MR) is 56.8 cm³/mol. The van der Waals surface area contributed by atoms with Gasteiger partial charge in [-0.15, -0.1) is 0 Å². The van der Waals surface area contributed by atoms with E-state index < -0.39 is 0 Å². The van der Waals surface area contributed by atoms with Gasteiger partial charge in [-0.3, -0.25) is 0 Å². The van der Waals surface area contributed by atoms with Crippen molar-refractivity contribution in [1.29, 1.82) is 0 Å². The van der Waals surface area contributed by atoms with Crippen LogP contribution in [0.25, 0.3) is 0 Å². The molecule has 1 aromatic carbocycles. The highest BCUT2D eigenvalue weighted by Crippen LogP contribution is 2.27. The van der Waals surface area contributed by atoms with E-state index in [9.17, 15) is 9.18 Å². The van der Waals surface area contributed by atoms with E-state index in [1.165, 1.54) is 7.11 Å². The summed E-state index contributed by atoms with van der Waals surface area (Å²) in [5.74, 6) is -0.00185. The van der Waals surface area contributed by atoms with Crippen LogP contribution in [0.15, 0.2) is 12.1 Å². The summed E-state index contributed by atoms with van der Waals surface area (Å²) in [7, 11) is 1.44. The van der Waals surface area contributed by atoms with Crippen LogP contribution >= 0.6 is 0 Å². The molecule has 0 N–H and O–H groups in total. The molecule has 0 saturated carbocycles. The third kappa shape index (κ3) is 2.55. The van der Waals surface area contributed by atoms with E-state index in [0.29, 0.717) is 12.0 Å². The Balaban J connectivity index is 3.10. The van der Waals surface area contributed by atoms with Crippen molar-refractivity contribution in [1.82, 2.24) is 0 Å². The van der Waals surface area contributed by atoms with Crippen LogP contribution in [0.4, 0.5) is 4.39 Å². The van der Waals surface area contributed by atoms with Gasteiger partial charge in [0, 0.05) is 6.42 Å². The standard InChI is InChI=1S/C12H15FO2/c1-8(4-5-14)10-6-9(2)12(13)11(7-10)15-3/h5-8H,4H2,1-3H3. The van der Waals surface area contributed by atoms with Crippen LogP contribution in [-0.2, 0) is 4.79 Å². The van der Waals surface area contributed by atoms with Crippen LogP contribution in [0.1, 0.15) is 30.4 Å². The van der Waals surface area contributed by atoms with E-state index in [4.69, 9.17) is 4.74 Å². The Morgan fingerprint density at radius 1 is 1.53 bits per heavy atom. The summed E-state index contributed by atoms with van der Waals surface area (Å²) in [4.78, 5) is 10.4. The lowest BCUT2D eigenvalue weighted by molar-refractivity contribution is -0.108. The number of ether oxygens (including phenoxy) is 1. The van der Waals surface area contributed by atoms with Gasteiger partial charge in [-0.05, 0) is 30.0 Å². The number of aldehydes is 1. The highest BCUT2D eigenvalue weighted by atomic mass is 19.1. The first-order valence-corrected chi connectivity index (χ1v) is 4.87. The van der Waals surface area contributed by atoms with Crippen molar-refractivity contribution in [2.45, 2.75) is 26.2 Å². The lowest BCUT2D eigenvalue weighted by Gasteiger charge is -2.12. The molecule has 2 nitrogen and oxygen atoms in total. The Labute approximate surface area is 89.1 Å². The van der Waals surface area contributed by atoms with Crippen LogP contribution in [0.3, 0.4) is 0 Å².